The van der Waals surface area contributed by atoms with Crippen molar-refractivity contribution in [2.75, 3.05) is 13.1 Å². The molecule has 1 aromatic rings. The van der Waals surface area contributed by atoms with Crippen molar-refractivity contribution in [1.29, 1.82) is 0 Å². The van der Waals surface area contributed by atoms with Gasteiger partial charge in [0.2, 0.25) is 5.91 Å². The fraction of sp³-hybridized carbons (Fsp3) is 0.556. The number of nitrogens with zero attached hydrogens (tertiary/aromatic N) is 1. The summed E-state index contributed by atoms with van der Waals surface area (Å²) in [4.78, 5) is 26.5. The van der Waals surface area contributed by atoms with Gasteiger partial charge in [-0.1, -0.05) is 19.9 Å². The summed E-state index contributed by atoms with van der Waals surface area (Å²) in [5, 5.41) is 12.4. The monoisotopic (exact) mass is 318 g/mol. The molecule has 0 bridgehead atoms. The van der Waals surface area contributed by atoms with Crippen LogP contribution in [0.5, 0.6) is 5.75 Å². The lowest BCUT2D eigenvalue weighted by atomic mass is 9.98. The smallest absolute Gasteiger partial charge is 0.251 e. The van der Waals surface area contributed by atoms with Crippen molar-refractivity contribution in [1.82, 2.24) is 10.2 Å². The molecule has 1 fully saturated rings. The molecule has 1 saturated heterocycles. The first kappa shape index (κ1) is 17.3. The van der Waals surface area contributed by atoms with E-state index in [1.807, 2.05) is 18.7 Å². The minimum Gasteiger partial charge on any atom is -0.508 e. The summed E-state index contributed by atoms with van der Waals surface area (Å²) in [5.74, 6) is 0.273. The van der Waals surface area contributed by atoms with Crippen LogP contribution in [-0.2, 0) is 4.79 Å². The van der Waals surface area contributed by atoms with Gasteiger partial charge in [-0.05, 0) is 43.9 Å². The third kappa shape index (κ3) is 4.47. The van der Waals surface area contributed by atoms with Gasteiger partial charge in [0.15, 0.2) is 0 Å². The van der Waals surface area contributed by atoms with E-state index < -0.39 is 0 Å². The average molecular weight is 318 g/mol. The summed E-state index contributed by atoms with van der Waals surface area (Å²) in [6.07, 6.45) is 3.31. The fourth-order valence-corrected chi connectivity index (χ4v) is 3.06. The minimum atomic E-state index is -0.175. The number of carbonyl (C=O) groups is 2. The zero-order valence-electron chi connectivity index (χ0n) is 13.9. The van der Waals surface area contributed by atoms with Crippen LogP contribution in [0.2, 0.25) is 0 Å². The number of carbonyl (C=O) groups excluding carboxylic acids is 2. The van der Waals surface area contributed by atoms with Crippen LogP contribution in [0, 0.1) is 5.92 Å². The molecule has 2 N–H and O–H groups in total. The van der Waals surface area contributed by atoms with Crippen molar-refractivity contribution < 1.29 is 14.7 Å². The Labute approximate surface area is 137 Å². The second-order valence-corrected chi connectivity index (χ2v) is 6.14. The highest BCUT2D eigenvalue weighted by Gasteiger charge is 2.27. The number of hydrogen-bond donors (Lipinski definition) is 2. The van der Waals surface area contributed by atoms with Crippen molar-refractivity contribution in [3.8, 4) is 5.75 Å². The topological polar surface area (TPSA) is 69.6 Å². The molecule has 0 atom stereocenters. The molecule has 1 heterocycles. The summed E-state index contributed by atoms with van der Waals surface area (Å²) >= 11 is 0. The first-order valence-electron chi connectivity index (χ1n) is 8.43. The quantitative estimate of drug-likeness (QED) is 0.876. The van der Waals surface area contributed by atoms with Crippen LogP contribution in [0.25, 0.3) is 0 Å². The molecule has 0 spiro atoms. The van der Waals surface area contributed by atoms with E-state index in [4.69, 9.17) is 0 Å². The van der Waals surface area contributed by atoms with Crippen molar-refractivity contribution in [2.45, 2.75) is 45.6 Å². The predicted molar refractivity (Wildman–Crippen MR) is 89.2 cm³/mol. The van der Waals surface area contributed by atoms with Crippen molar-refractivity contribution >= 4 is 11.8 Å². The van der Waals surface area contributed by atoms with Crippen molar-refractivity contribution in [2.24, 2.45) is 5.92 Å². The molecule has 2 rings (SSSR count). The van der Waals surface area contributed by atoms with Gasteiger partial charge in [0.1, 0.15) is 5.75 Å². The summed E-state index contributed by atoms with van der Waals surface area (Å²) in [6, 6.07) is 6.41. The molecular weight excluding hydrogens is 292 g/mol. The predicted octanol–water partition coefficient (Wildman–Crippen LogP) is 2.55. The summed E-state index contributed by atoms with van der Waals surface area (Å²) in [7, 11) is 0. The molecular formula is C18H26N2O3. The number of phenols is 1. The van der Waals surface area contributed by atoms with Gasteiger partial charge in [-0.3, -0.25) is 9.59 Å². The Morgan fingerprint density at radius 3 is 2.48 bits per heavy atom. The van der Waals surface area contributed by atoms with E-state index in [0.717, 1.165) is 25.7 Å². The normalized spacial score (nSPS) is 15.7. The van der Waals surface area contributed by atoms with Gasteiger partial charge in [-0.2, -0.15) is 0 Å². The average Bonchev–Trinajstić information content (AvgIpc) is 2.56. The van der Waals surface area contributed by atoms with Gasteiger partial charge in [0.25, 0.3) is 5.91 Å². The first-order valence-corrected chi connectivity index (χ1v) is 8.43. The molecule has 5 heteroatoms. The lowest BCUT2D eigenvalue weighted by Crippen LogP contribution is -2.48. The Balaban J connectivity index is 1.85. The van der Waals surface area contributed by atoms with Gasteiger partial charge < -0.3 is 15.3 Å². The van der Waals surface area contributed by atoms with Gasteiger partial charge in [0, 0.05) is 30.6 Å². The second kappa shape index (κ2) is 7.99. The van der Waals surface area contributed by atoms with E-state index in [0.29, 0.717) is 18.7 Å². The molecule has 0 radical (unpaired) electrons. The number of aromatic hydroxyl groups is 1. The highest BCUT2D eigenvalue weighted by atomic mass is 16.3. The largest absolute Gasteiger partial charge is 0.508 e. The number of benzene rings is 1. The maximum atomic E-state index is 12.4. The SMILES string of the molecule is CCC(CC)C(=O)N1CCC(NC(=O)c2cccc(O)c2)CC1. The number of phenolic OH excluding ortho intramolecular Hbond substituents is 1. The molecule has 0 unspecified atom stereocenters. The van der Waals surface area contributed by atoms with Crippen LogP contribution in [0.15, 0.2) is 24.3 Å². The number of rotatable bonds is 5. The van der Waals surface area contributed by atoms with E-state index in [1.165, 1.54) is 6.07 Å². The molecule has 1 aliphatic rings. The Bertz CT molecular complexity index is 547. The van der Waals surface area contributed by atoms with Crippen LogP contribution < -0.4 is 5.32 Å². The third-order valence-electron chi connectivity index (χ3n) is 4.59. The molecule has 23 heavy (non-hydrogen) atoms. The molecule has 1 aromatic carbocycles. The molecule has 5 nitrogen and oxygen atoms in total. The zero-order valence-corrected chi connectivity index (χ0v) is 13.9. The van der Waals surface area contributed by atoms with Gasteiger partial charge in [-0.25, -0.2) is 0 Å². The highest BCUT2D eigenvalue weighted by molar-refractivity contribution is 5.94. The molecule has 1 aliphatic heterocycles. The molecule has 2 amide bonds. The van der Waals surface area contributed by atoms with Crippen LogP contribution in [0.4, 0.5) is 0 Å². The van der Waals surface area contributed by atoms with E-state index in [2.05, 4.69) is 5.32 Å². The number of hydrogen-bond acceptors (Lipinski definition) is 3. The van der Waals surface area contributed by atoms with Crippen LogP contribution in [0.1, 0.15) is 49.9 Å². The summed E-state index contributed by atoms with van der Waals surface area (Å²) in [5.41, 5.74) is 0.459. The van der Waals surface area contributed by atoms with Crippen LogP contribution in [-0.4, -0.2) is 41.0 Å². The van der Waals surface area contributed by atoms with Crippen molar-refractivity contribution in [3.05, 3.63) is 29.8 Å². The number of nitrogens with one attached hydrogen (secondary N) is 1. The Kier molecular flexibility index (Phi) is 6.02. The van der Waals surface area contributed by atoms with Gasteiger partial charge in [0.05, 0.1) is 0 Å². The maximum absolute atomic E-state index is 12.4. The van der Waals surface area contributed by atoms with Crippen molar-refractivity contribution in [3.63, 3.8) is 0 Å². The van der Waals surface area contributed by atoms with E-state index in [1.54, 1.807) is 18.2 Å². The van der Waals surface area contributed by atoms with Gasteiger partial charge in [-0.15, -0.1) is 0 Å². The number of likely N-dealkylation sites (tertiary alicyclic amines) is 1. The summed E-state index contributed by atoms with van der Waals surface area (Å²) < 4.78 is 0. The lowest BCUT2D eigenvalue weighted by molar-refractivity contribution is -0.136. The Hall–Kier alpha value is -2.04. The van der Waals surface area contributed by atoms with E-state index >= 15 is 0 Å². The summed E-state index contributed by atoms with van der Waals surface area (Å²) in [6.45, 7) is 5.49. The lowest BCUT2D eigenvalue weighted by Gasteiger charge is -2.34. The molecule has 0 saturated carbocycles. The fourth-order valence-electron chi connectivity index (χ4n) is 3.06. The van der Waals surface area contributed by atoms with Gasteiger partial charge >= 0.3 is 0 Å². The minimum absolute atomic E-state index is 0.0793. The first-order chi connectivity index (χ1) is 11.0. The Morgan fingerprint density at radius 1 is 1.26 bits per heavy atom. The molecule has 0 aromatic heterocycles. The second-order valence-electron chi connectivity index (χ2n) is 6.14. The molecule has 126 valence electrons. The highest BCUT2D eigenvalue weighted by Crippen LogP contribution is 2.18. The standard InChI is InChI=1S/C18H26N2O3/c1-3-13(4-2)18(23)20-10-8-15(9-11-20)19-17(22)14-6-5-7-16(21)12-14/h5-7,12-13,15,21H,3-4,8-11H2,1-2H3,(H,19,22). The number of amides is 2. The van der Waals surface area contributed by atoms with Crippen LogP contribution in [0.3, 0.4) is 0 Å². The molecule has 0 aliphatic carbocycles. The number of piperidine rings is 1. The Morgan fingerprint density at radius 2 is 1.91 bits per heavy atom. The van der Waals surface area contributed by atoms with Crippen LogP contribution >= 0.6 is 0 Å². The van der Waals surface area contributed by atoms with E-state index in [9.17, 15) is 14.7 Å². The van der Waals surface area contributed by atoms with E-state index in [-0.39, 0.29) is 29.5 Å². The third-order valence-corrected chi connectivity index (χ3v) is 4.59. The zero-order chi connectivity index (χ0) is 16.8. The maximum Gasteiger partial charge on any atom is 0.251 e.